The highest BCUT2D eigenvalue weighted by atomic mass is 32.2. The molecule has 0 radical (unpaired) electrons. The Hall–Kier alpha value is -2.95. The van der Waals surface area contributed by atoms with Gasteiger partial charge in [0, 0.05) is 17.3 Å². The van der Waals surface area contributed by atoms with E-state index in [0.717, 1.165) is 41.1 Å². The van der Waals surface area contributed by atoms with Gasteiger partial charge in [-0.05, 0) is 55.3 Å². The third-order valence-electron chi connectivity index (χ3n) is 6.34. The summed E-state index contributed by atoms with van der Waals surface area (Å²) >= 11 is 6.69. The standard InChI is InChI=1S/C27H27N3O4S3/c1-2-3-14-34-23-11-9-19(10-12-23)25-20(17-29(28-25)21-7-5-4-6-8-21)16-24-26(31)30(27(35)36-24)22-13-15-37(32,33)18-22/h4-12,16-17,22H,2-3,13-15,18H2,1H3. The van der Waals surface area contributed by atoms with Gasteiger partial charge < -0.3 is 4.74 Å². The lowest BCUT2D eigenvalue weighted by atomic mass is 10.1. The molecule has 37 heavy (non-hydrogen) atoms. The van der Waals surface area contributed by atoms with Gasteiger partial charge in [0.2, 0.25) is 0 Å². The smallest absolute Gasteiger partial charge is 0.266 e. The number of nitrogens with zero attached hydrogens (tertiary/aromatic N) is 3. The summed E-state index contributed by atoms with van der Waals surface area (Å²) in [5.41, 5.74) is 3.27. The van der Waals surface area contributed by atoms with E-state index in [4.69, 9.17) is 22.1 Å². The molecule has 2 aliphatic heterocycles. The molecule has 1 amide bonds. The van der Waals surface area contributed by atoms with E-state index in [0.29, 0.717) is 22.3 Å². The largest absolute Gasteiger partial charge is 0.494 e. The molecule has 2 saturated heterocycles. The summed E-state index contributed by atoms with van der Waals surface area (Å²) in [4.78, 5) is 15.3. The fourth-order valence-electron chi connectivity index (χ4n) is 4.39. The molecule has 2 fully saturated rings. The lowest BCUT2D eigenvalue weighted by Crippen LogP contribution is -2.39. The molecule has 0 N–H and O–H groups in total. The molecule has 5 rings (SSSR count). The first-order valence-corrected chi connectivity index (χ1v) is 15.2. The van der Waals surface area contributed by atoms with Crippen LogP contribution >= 0.6 is 24.0 Å². The molecule has 0 aliphatic carbocycles. The SMILES string of the molecule is CCCCOc1ccc(-c2nn(-c3ccccc3)cc2C=C2SC(=S)N(C3CCS(=O)(=O)C3)C2=O)cc1. The topological polar surface area (TPSA) is 81.5 Å². The Morgan fingerprint density at radius 3 is 2.59 bits per heavy atom. The van der Waals surface area contributed by atoms with Crippen molar-refractivity contribution in [2.24, 2.45) is 0 Å². The third kappa shape index (κ3) is 5.66. The van der Waals surface area contributed by atoms with Gasteiger partial charge in [-0.25, -0.2) is 13.1 Å². The lowest BCUT2D eigenvalue weighted by molar-refractivity contribution is -0.123. The Morgan fingerprint density at radius 2 is 1.92 bits per heavy atom. The van der Waals surface area contributed by atoms with E-state index in [1.165, 1.54) is 16.7 Å². The van der Waals surface area contributed by atoms with E-state index in [1.54, 1.807) is 10.8 Å². The molecule has 3 heterocycles. The number of rotatable bonds is 8. The second-order valence-electron chi connectivity index (χ2n) is 9.05. The number of carbonyl (C=O) groups is 1. The first-order valence-electron chi connectivity index (χ1n) is 12.2. The Bertz CT molecular complexity index is 1450. The molecule has 2 aliphatic rings. The van der Waals surface area contributed by atoms with Crippen molar-refractivity contribution in [1.29, 1.82) is 0 Å². The van der Waals surface area contributed by atoms with Crippen LogP contribution in [0, 0.1) is 0 Å². The van der Waals surface area contributed by atoms with Crippen LogP contribution < -0.4 is 4.74 Å². The van der Waals surface area contributed by atoms with Crippen LogP contribution in [0.25, 0.3) is 23.0 Å². The van der Waals surface area contributed by atoms with Crippen LogP contribution in [0.5, 0.6) is 5.75 Å². The number of thioether (sulfide) groups is 1. The summed E-state index contributed by atoms with van der Waals surface area (Å²) in [5, 5.41) is 4.84. The van der Waals surface area contributed by atoms with Gasteiger partial charge in [-0.15, -0.1) is 0 Å². The maximum Gasteiger partial charge on any atom is 0.266 e. The van der Waals surface area contributed by atoms with Crippen LogP contribution in [0.15, 0.2) is 65.7 Å². The van der Waals surface area contributed by atoms with Crippen molar-refractivity contribution in [3.8, 4) is 22.7 Å². The molecular weight excluding hydrogens is 527 g/mol. The number of sulfone groups is 1. The molecule has 1 unspecified atom stereocenters. The van der Waals surface area contributed by atoms with Gasteiger partial charge in [0.1, 0.15) is 10.1 Å². The van der Waals surface area contributed by atoms with E-state index in [9.17, 15) is 13.2 Å². The summed E-state index contributed by atoms with van der Waals surface area (Å²) in [6.07, 6.45) is 6.17. The summed E-state index contributed by atoms with van der Waals surface area (Å²) in [7, 11) is -3.14. The number of amides is 1. The third-order valence-corrected chi connectivity index (χ3v) is 9.42. The molecular formula is C27H27N3O4S3. The number of carbonyl (C=O) groups excluding carboxylic acids is 1. The summed E-state index contributed by atoms with van der Waals surface area (Å²) in [5.74, 6) is 0.583. The van der Waals surface area contributed by atoms with Crippen LogP contribution in [0.1, 0.15) is 31.7 Å². The number of hydrogen-bond acceptors (Lipinski definition) is 7. The molecule has 1 aromatic heterocycles. The van der Waals surface area contributed by atoms with Crippen molar-refractivity contribution < 1.29 is 17.9 Å². The number of aromatic nitrogens is 2. The second-order valence-corrected chi connectivity index (χ2v) is 13.0. The van der Waals surface area contributed by atoms with Crippen molar-refractivity contribution in [2.45, 2.75) is 32.2 Å². The van der Waals surface area contributed by atoms with Crippen LogP contribution in [0.2, 0.25) is 0 Å². The van der Waals surface area contributed by atoms with Crippen molar-refractivity contribution in [3.05, 3.63) is 71.3 Å². The van der Waals surface area contributed by atoms with Crippen LogP contribution in [-0.2, 0) is 14.6 Å². The van der Waals surface area contributed by atoms with Crippen molar-refractivity contribution >= 4 is 50.1 Å². The number of unbranched alkanes of at least 4 members (excludes halogenated alkanes) is 1. The Morgan fingerprint density at radius 1 is 1.16 bits per heavy atom. The van der Waals surface area contributed by atoms with Crippen molar-refractivity contribution in [1.82, 2.24) is 14.7 Å². The first kappa shape index (κ1) is 25.7. The number of thiocarbonyl (C=S) groups is 1. The van der Waals surface area contributed by atoms with E-state index < -0.39 is 15.9 Å². The highest BCUT2D eigenvalue weighted by Crippen LogP contribution is 2.38. The average Bonchev–Trinajstić information content (AvgIpc) is 3.55. The van der Waals surface area contributed by atoms with Crippen LogP contribution in [-0.4, -0.2) is 57.5 Å². The Kier molecular flexibility index (Phi) is 7.50. The highest BCUT2D eigenvalue weighted by Gasteiger charge is 2.42. The van der Waals surface area contributed by atoms with E-state index in [1.807, 2.05) is 60.8 Å². The van der Waals surface area contributed by atoms with Gasteiger partial charge in [-0.1, -0.05) is 55.5 Å². The van der Waals surface area contributed by atoms with Gasteiger partial charge in [0.05, 0.1) is 40.4 Å². The minimum atomic E-state index is -3.14. The quantitative estimate of drug-likeness (QED) is 0.218. The zero-order valence-electron chi connectivity index (χ0n) is 20.4. The van der Waals surface area contributed by atoms with Crippen LogP contribution in [0.4, 0.5) is 0 Å². The number of ether oxygens (including phenoxy) is 1. The zero-order valence-corrected chi connectivity index (χ0v) is 22.8. The Labute approximate surface area is 226 Å². The molecule has 1 atom stereocenters. The van der Waals surface area contributed by atoms with Crippen LogP contribution in [0.3, 0.4) is 0 Å². The summed E-state index contributed by atoms with van der Waals surface area (Å²) in [6.45, 7) is 2.80. The number of hydrogen-bond donors (Lipinski definition) is 0. The molecule has 2 aromatic carbocycles. The number of benzene rings is 2. The van der Waals surface area contributed by atoms with Crippen molar-refractivity contribution in [3.63, 3.8) is 0 Å². The van der Waals surface area contributed by atoms with E-state index in [-0.39, 0.29) is 17.4 Å². The maximum absolute atomic E-state index is 13.3. The van der Waals surface area contributed by atoms with E-state index >= 15 is 0 Å². The maximum atomic E-state index is 13.3. The monoisotopic (exact) mass is 553 g/mol. The fraction of sp³-hybridized carbons (Fsp3) is 0.296. The molecule has 0 bridgehead atoms. The van der Waals surface area contributed by atoms with Gasteiger partial charge in [-0.2, -0.15) is 5.10 Å². The normalized spacial score (nSPS) is 20.2. The van der Waals surface area contributed by atoms with Gasteiger partial charge in [0.15, 0.2) is 9.84 Å². The first-order chi connectivity index (χ1) is 17.8. The summed E-state index contributed by atoms with van der Waals surface area (Å²) < 4.78 is 32.0. The highest BCUT2D eigenvalue weighted by molar-refractivity contribution is 8.26. The number of para-hydroxylation sites is 1. The Balaban J connectivity index is 1.48. The summed E-state index contributed by atoms with van der Waals surface area (Å²) in [6, 6.07) is 17.1. The molecule has 10 heteroatoms. The predicted octanol–water partition coefficient (Wildman–Crippen LogP) is 5.11. The minimum Gasteiger partial charge on any atom is -0.494 e. The molecule has 7 nitrogen and oxygen atoms in total. The van der Waals surface area contributed by atoms with Gasteiger partial charge in [-0.3, -0.25) is 9.69 Å². The molecule has 3 aromatic rings. The van der Waals surface area contributed by atoms with Gasteiger partial charge in [0.25, 0.3) is 5.91 Å². The molecule has 0 spiro atoms. The van der Waals surface area contributed by atoms with Crippen molar-refractivity contribution in [2.75, 3.05) is 18.1 Å². The second kappa shape index (κ2) is 10.8. The predicted molar refractivity (Wildman–Crippen MR) is 151 cm³/mol. The average molecular weight is 554 g/mol. The zero-order chi connectivity index (χ0) is 26.0. The van der Waals surface area contributed by atoms with E-state index in [2.05, 4.69) is 6.92 Å². The minimum absolute atomic E-state index is 0.0451. The molecule has 192 valence electrons. The lowest BCUT2D eigenvalue weighted by Gasteiger charge is -2.20. The molecule has 0 saturated carbocycles. The fourth-order valence-corrected chi connectivity index (χ4v) is 7.48. The van der Waals surface area contributed by atoms with Gasteiger partial charge >= 0.3 is 0 Å².